The predicted molar refractivity (Wildman–Crippen MR) is 117 cm³/mol. The number of carbonyl (C=O) groups excluding carboxylic acids is 1. The van der Waals surface area contributed by atoms with Gasteiger partial charge in [0.2, 0.25) is 10.0 Å². The maximum absolute atomic E-state index is 13.0. The Labute approximate surface area is 179 Å². The lowest BCUT2D eigenvalue weighted by Gasteiger charge is -2.27. The maximum atomic E-state index is 13.0. The zero-order valence-electron chi connectivity index (χ0n) is 17.8. The monoisotopic (exact) mass is 430 g/mol. The van der Waals surface area contributed by atoms with Crippen LogP contribution in [0.3, 0.4) is 0 Å². The summed E-state index contributed by atoms with van der Waals surface area (Å²) < 4.78 is 34.1. The van der Waals surface area contributed by atoms with E-state index in [1.165, 1.54) is 24.8 Å². The zero-order valence-corrected chi connectivity index (χ0v) is 18.7. The molecule has 1 unspecified atom stereocenters. The van der Waals surface area contributed by atoms with E-state index < -0.39 is 16.1 Å². The highest BCUT2D eigenvalue weighted by atomic mass is 32.2. The number of nitrogens with one attached hydrogen (secondary N) is 1. The van der Waals surface area contributed by atoms with Crippen molar-refractivity contribution in [3.8, 4) is 5.75 Å². The van der Waals surface area contributed by atoms with Gasteiger partial charge >= 0.3 is 0 Å². The number of hydrogen-bond donors (Lipinski definition) is 1. The third-order valence-corrected chi connectivity index (χ3v) is 7.11. The second-order valence-electron chi connectivity index (χ2n) is 7.65. The van der Waals surface area contributed by atoms with Crippen molar-refractivity contribution in [3.63, 3.8) is 0 Å². The van der Waals surface area contributed by atoms with Crippen molar-refractivity contribution >= 4 is 15.9 Å². The van der Waals surface area contributed by atoms with Crippen LogP contribution in [0.5, 0.6) is 5.75 Å². The van der Waals surface area contributed by atoms with Crippen LogP contribution in [-0.2, 0) is 16.4 Å². The molecule has 1 aliphatic heterocycles. The minimum absolute atomic E-state index is 0.0562. The Hall–Kier alpha value is -2.38. The van der Waals surface area contributed by atoms with Gasteiger partial charge in [-0.1, -0.05) is 31.2 Å². The molecule has 2 aromatic rings. The summed E-state index contributed by atoms with van der Waals surface area (Å²) in [5.41, 5.74) is 2.36. The molecule has 1 aliphatic rings. The molecule has 1 saturated heterocycles. The highest BCUT2D eigenvalue weighted by Crippen LogP contribution is 2.26. The van der Waals surface area contributed by atoms with Gasteiger partial charge in [-0.15, -0.1) is 0 Å². The first-order chi connectivity index (χ1) is 14.4. The van der Waals surface area contributed by atoms with Gasteiger partial charge in [-0.2, -0.15) is 0 Å². The van der Waals surface area contributed by atoms with E-state index in [4.69, 9.17) is 4.74 Å². The highest BCUT2D eigenvalue weighted by molar-refractivity contribution is 7.89. The van der Waals surface area contributed by atoms with Crippen LogP contribution in [0.15, 0.2) is 47.4 Å². The Balaban J connectivity index is 1.84. The average Bonchev–Trinajstić information content (AvgIpc) is 2.78. The van der Waals surface area contributed by atoms with Crippen molar-refractivity contribution in [1.82, 2.24) is 9.62 Å². The standard InChI is InChI=1S/C23H30N2O4S/c1-4-18-8-10-19(11-9-18)17(2)24-30(27,28)20-12-13-22(29-3)21(16-20)23(26)25-14-6-5-7-15-25/h8-13,16-17,24H,4-7,14-15H2,1-3H3. The van der Waals surface area contributed by atoms with Gasteiger partial charge < -0.3 is 9.64 Å². The first-order valence-electron chi connectivity index (χ1n) is 10.4. The van der Waals surface area contributed by atoms with Crippen LogP contribution in [0.1, 0.15) is 60.6 Å². The first-order valence-corrected chi connectivity index (χ1v) is 11.9. The second kappa shape index (κ2) is 9.62. The Morgan fingerprint density at radius 2 is 1.77 bits per heavy atom. The molecule has 7 heteroatoms. The molecule has 3 rings (SSSR count). The van der Waals surface area contributed by atoms with E-state index in [0.29, 0.717) is 18.8 Å². The Kier molecular flexibility index (Phi) is 7.15. The molecule has 1 N–H and O–H groups in total. The van der Waals surface area contributed by atoms with Crippen molar-refractivity contribution < 1.29 is 17.9 Å². The summed E-state index contributed by atoms with van der Waals surface area (Å²) in [6, 6.07) is 11.9. The van der Waals surface area contributed by atoms with Crippen LogP contribution in [0.4, 0.5) is 0 Å². The lowest BCUT2D eigenvalue weighted by Crippen LogP contribution is -2.36. The van der Waals surface area contributed by atoms with Gasteiger partial charge in [-0.05, 0) is 61.9 Å². The summed E-state index contributed by atoms with van der Waals surface area (Å²) in [7, 11) is -2.33. The third-order valence-electron chi connectivity index (χ3n) is 5.57. The Morgan fingerprint density at radius 3 is 2.37 bits per heavy atom. The number of carbonyl (C=O) groups is 1. The number of nitrogens with zero attached hydrogens (tertiary/aromatic N) is 1. The number of methoxy groups -OCH3 is 1. The van der Waals surface area contributed by atoms with E-state index in [1.807, 2.05) is 31.2 Å². The van der Waals surface area contributed by atoms with Crippen molar-refractivity contribution in [1.29, 1.82) is 0 Å². The average molecular weight is 431 g/mol. The molecule has 1 atom stereocenters. The van der Waals surface area contributed by atoms with Gasteiger partial charge in [0, 0.05) is 19.1 Å². The number of amides is 1. The van der Waals surface area contributed by atoms with Crippen molar-refractivity contribution in [3.05, 3.63) is 59.2 Å². The number of likely N-dealkylation sites (tertiary alicyclic amines) is 1. The van der Waals surface area contributed by atoms with Crippen molar-refractivity contribution in [2.75, 3.05) is 20.2 Å². The van der Waals surface area contributed by atoms with E-state index in [-0.39, 0.29) is 16.4 Å². The minimum Gasteiger partial charge on any atom is -0.496 e. The predicted octanol–water partition coefficient (Wildman–Crippen LogP) is 3.92. The van der Waals surface area contributed by atoms with E-state index in [9.17, 15) is 13.2 Å². The SMILES string of the molecule is CCc1ccc(C(C)NS(=O)(=O)c2ccc(OC)c(C(=O)N3CCCCC3)c2)cc1. The molecule has 0 aliphatic carbocycles. The molecule has 162 valence electrons. The van der Waals surface area contributed by atoms with E-state index in [0.717, 1.165) is 31.2 Å². The number of ether oxygens (including phenoxy) is 1. The normalized spacial score (nSPS) is 15.6. The van der Waals surface area contributed by atoms with Crippen LogP contribution in [0, 0.1) is 0 Å². The molecule has 2 aromatic carbocycles. The summed E-state index contributed by atoms with van der Waals surface area (Å²) in [5.74, 6) is 0.194. The fraction of sp³-hybridized carbons (Fsp3) is 0.435. The molecule has 0 aromatic heterocycles. The van der Waals surface area contributed by atoms with Gasteiger partial charge in [0.15, 0.2) is 0 Å². The molecule has 0 bridgehead atoms. The lowest BCUT2D eigenvalue weighted by molar-refractivity contribution is 0.0720. The molecular formula is C23H30N2O4S. The largest absolute Gasteiger partial charge is 0.496 e. The van der Waals surface area contributed by atoms with Crippen molar-refractivity contribution in [2.45, 2.75) is 50.5 Å². The number of hydrogen-bond acceptors (Lipinski definition) is 4. The van der Waals surface area contributed by atoms with Crippen LogP contribution in [0.25, 0.3) is 0 Å². The van der Waals surface area contributed by atoms with E-state index in [1.54, 1.807) is 11.0 Å². The molecule has 0 spiro atoms. The number of piperidine rings is 1. The number of rotatable bonds is 7. The van der Waals surface area contributed by atoms with E-state index >= 15 is 0 Å². The summed E-state index contributed by atoms with van der Waals surface area (Å²) >= 11 is 0. The number of benzene rings is 2. The fourth-order valence-electron chi connectivity index (χ4n) is 3.70. The summed E-state index contributed by atoms with van der Waals surface area (Å²) in [5, 5.41) is 0. The molecule has 0 saturated carbocycles. The van der Waals surface area contributed by atoms with Gasteiger partial charge in [-0.3, -0.25) is 4.79 Å². The second-order valence-corrected chi connectivity index (χ2v) is 9.37. The highest BCUT2D eigenvalue weighted by Gasteiger charge is 2.25. The Bertz CT molecular complexity index is 981. The van der Waals surface area contributed by atoms with Gasteiger partial charge in [0.1, 0.15) is 5.75 Å². The molecular weight excluding hydrogens is 400 g/mol. The minimum atomic E-state index is -3.81. The quantitative estimate of drug-likeness (QED) is 0.722. The van der Waals surface area contributed by atoms with Crippen LogP contribution < -0.4 is 9.46 Å². The molecule has 0 radical (unpaired) electrons. The summed E-state index contributed by atoms with van der Waals surface area (Å²) in [4.78, 5) is 14.8. The lowest BCUT2D eigenvalue weighted by atomic mass is 10.1. The van der Waals surface area contributed by atoms with Crippen LogP contribution >= 0.6 is 0 Å². The van der Waals surface area contributed by atoms with Gasteiger partial charge in [0.05, 0.1) is 17.6 Å². The number of aryl methyl sites for hydroxylation is 1. The summed E-state index contributed by atoms with van der Waals surface area (Å²) in [6.07, 6.45) is 3.96. The zero-order chi connectivity index (χ0) is 21.7. The Morgan fingerprint density at radius 1 is 1.10 bits per heavy atom. The molecule has 30 heavy (non-hydrogen) atoms. The summed E-state index contributed by atoms with van der Waals surface area (Å²) in [6.45, 7) is 5.25. The topological polar surface area (TPSA) is 75.7 Å². The van der Waals surface area contributed by atoms with Crippen LogP contribution in [0.2, 0.25) is 0 Å². The number of sulfonamides is 1. The molecule has 1 fully saturated rings. The molecule has 1 amide bonds. The van der Waals surface area contributed by atoms with Gasteiger partial charge in [0.25, 0.3) is 5.91 Å². The van der Waals surface area contributed by atoms with Crippen LogP contribution in [-0.4, -0.2) is 39.4 Å². The molecule has 6 nitrogen and oxygen atoms in total. The fourth-order valence-corrected chi connectivity index (χ4v) is 4.96. The molecule has 1 heterocycles. The van der Waals surface area contributed by atoms with Gasteiger partial charge in [-0.25, -0.2) is 13.1 Å². The first kappa shape index (κ1) is 22.3. The smallest absolute Gasteiger partial charge is 0.257 e. The maximum Gasteiger partial charge on any atom is 0.257 e. The van der Waals surface area contributed by atoms with E-state index in [2.05, 4.69) is 11.6 Å². The third kappa shape index (κ3) is 5.02. The van der Waals surface area contributed by atoms with Crippen molar-refractivity contribution in [2.24, 2.45) is 0 Å².